The molecule has 1 aliphatic rings. The molecule has 0 aromatic heterocycles. The molecule has 0 spiro atoms. The van der Waals surface area contributed by atoms with Crippen molar-refractivity contribution in [3.8, 4) is 0 Å². The Bertz CT molecular complexity index is 284. The van der Waals surface area contributed by atoms with Gasteiger partial charge in [0, 0.05) is 25.2 Å². The Labute approximate surface area is 104 Å². The number of alkyl halides is 3. The van der Waals surface area contributed by atoms with Crippen molar-refractivity contribution in [2.75, 3.05) is 26.3 Å². The number of nitrogens with one attached hydrogen (secondary N) is 1. The van der Waals surface area contributed by atoms with E-state index < -0.39 is 12.8 Å². The molecule has 1 heterocycles. The molecule has 1 rings (SSSR count). The Kier molecular flexibility index (Phi) is 5.40. The van der Waals surface area contributed by atoms with Crippen molar-refractivity contribution >= 4 is 5.91 Å². The number of carbonyl (C=O) groups excluding carboxylic acids is 1. The van der Waals surface area contributed by atoms with Crippen LogP contribution >= 0.6 is 0 Å². The van der Waals surface area contributed by atoms with Crippen LogP contribution in [-0.2, 0) is 9.53 Å². The van der Waals surface area contributed by atoms with Gasteiger partial charge in [-0.15, -0.1) is 0 Å². The molecule has 1 fully saturated rings. The van der Waals surface area contributed by atoms with Gasteiger partial charge in [0.2, 0.25) is 5.91 Å². The standard InChI is InChI=1S/C11H19F3N2O2/c1-8-6-16(9(2)5-15-8)10(17)3-4-18-7-11(12,13)14/h8-9,15H,3-7H2,1-2H3. The lowest BCUT2D eigenvalue weighted by Crippen LogP contribution is -2.56. The zero-order chi connectivity index (χ0) is 13.8. The zero-order valence-corrected chi connectivity index (χ0v) is 10.6. The molecule has 4 nitrogen and oxygen atoms in total. The van der Waals surface area contributed by atoms with Crippen LogP contribution in [0.15, 0.2) is 0 Å². The monoisotopic (exact) mass is 268 g/mol. The molecular weight excluding hydrogens is 249 g/mol. The first-order chi connectivity index (χ1) is 8.29. The number of hydrogen-bond acceptors (Lipinski definition) is 3. The average molecular weight is 268 g/mol. The molecule has 106 valence electrons. The van der Waals surface area contributed by atoms with E-state index in [-0.39, 0.29) is 31.0 Å². The summed E-state index contributed by atoms with van der Waals surface area (Å²) in [5.74, 6) is -0.155. The maximum Gasteiger partial charge on any atom is 0.411 e. The van der Waals surface area contributed by atoms with E-state index in [2.05, 4.69) is 10.1 Å². The molecule has 1 amide bonds. The zero-order valence-electron chi connectivity index (χ0n) is 10.6. The molecule has 1 aliphatic heterocycles. The molecule has 0 aliphatic carbocycles. The first-order valence-corrected chi connectivity index (χ1v) is 5.97. The van der Waals surface area contributed by atoms with Gasteiger partial charge in [0.15, 0.2) is 0 Å². The molecule has 0 bridgehead atoms. The fourth-order valence-corrected chi connectivity index (χ4v) is 1.86. The number of halogens is 3. The van der Waals surface area contributed by atoms with E-state index in [1.165, 1.54) is 0 Å². The fourth-order valence-electron chi connectivity index (χ4n) is 1.86. The van der Waals surface area contributed by atoms with Crippen LogP contribution in [0, 0.1) is 0 Å². The minimum Gasteiger partial charge on any atom is -0.372 e. The molecule has 2 atom stereocenters. The Morgan fingerprint density at radius 1 is 1.44 bits per heavy atom. The lowest BCUT2D eigenvalue weighted by Gasteiger charge is -2.37. The number of amides is 1. The second-order valence-corrected chi connectivity index (χ2v) is 4.62. The number of rotatable bonds is 4. The van der Waals surface area contributed by atoms with Crippen LogP contribution in [0.5, 0.6) is 0 Å². The summed E-state index contributed by atoms with van der Waals surface area (Å²) >= 11 is 0. The van der Waals surface area contributed by atoms with Gasteiger partial charge in [0.05, 0.1) is 13.0 Å². The molecule has 0 radical (unpaired) electrons. The van der Waals surface area contributed by atoms with Gasteiger partial charge in [-0.3, -0.25) is 4.79 Å². The third-order valence-corrected chi connectivity index (χ3v) is 2.81. The van der Waals surface area contributed by atoms with Crippen LogP contribution in [0.3, 0.4) is 0 Å². The van der Waals surface area contributed by atoms with Gasteiger partial charge in [0.25, 0.3) is 0 Å². The van der Waals surface area contributed by atoms with E-state index in [9.17, 15) is 18.0 Å². The molecule has 1 saturated heterocycles. The normalized spacial score (nSPS) is 25.3. The topological polar surface area (TPSA) is 41.6 Å². The Hall–Kier alpha value is -0.820. The number of ether oxygens (including phenoxy) is 1. The molecule has 1 N–H and O–H groups in total. The molecule has 0 aromatic carbocycles. The highest BCUT2D eigenvalue weighted by atomic mass is 19.4. The summed E-state index contributed by atoms with van der Waals surface area (Å²) in [6.07, 6.45) is -4.34. The summed E-state index contributed by atoms with van der Waals surface area (Å²) in [6.45, 7) is 3.67. The molecule has 0 aromatic rings. The molecular formula is C11H19F3N2O2. The van der Waals surface area contributed by atoms with E-state index in [4.69, 9.17) is 0 Å². The lowest BCUT2D eigenvalue weighted by atomic mass is 10.1. The van der Waals surface area contributed by atoms with Crippen LogP contribution in [0.4, 0.5) is 13.2 Å². The van der Waals surface area contributed by atoms with Gasteiger partial charge in [0.1, 0.15) is 6.61 Å². The highest BCUT2D eigenvalue weighted by molar-refractivity contribution is 5.76. The van der Waals surface area contributed by atoms with Crippen LogP contribution in [0.25, 0.3) is 0 Å². The Morgan fingerprint density at radius 3 is 2.72 bits per heavy atom. The van der Waals surface area contributed by atoms with Crippen molar-refractivity contribution in [3.63, 3.8) is 0 Å². The number of carbonyl (C=O) groups is 1. The number of piperazine rings is 1. The van der Waals surface area contributed by atoms with E-state index in [1.807, 2.05) is 13.8 Å². The summed E-state index contributed by atoms with van der Waals surface area (Å²) in [5, 5.41) is 3.23. The summed E-state index contributed by atoms with van der Waals surface area (Å²) in [7, 11) is 0. The van der Waals surface area contributed by atoms with E-state index in [0.29, 0.717) is 13.1 Å². The minimum absolute atomic E-state index is 0.00681. The molecule has 2 unspecified atom stereocenters. The summed E-state index contributed by atoms with van der Waals surface area (Å²) in [6, 6.07) is 0.276. The van der Waals surface area contributed by atoms with Crippen molar-refractivity contribution in [2.45, 2.75) is 38.5 Å². The highest BCUT2D eigenvalue weighted by Crippen LogP contribution is 2.15. The van der Waals surface area contributed by atoms with Crippen LogP contribution in [0.1, 0.15) is 20.3 Å². The van der Waals surface area contributed by atoms with E-state index in [0.717, 1.165) is 0 Å². The number of hydrogen-bond donors (Lipinski definition) is 1. The minimum atomic E-state index is -4.33. The third-order valence-electron chi connectivity index (χ3n) is 2.81. The van der Waals surface area contributed by atoms with Gasteiger partial charge in [-0.1, -0.05) is 0 Å². The first kappa shape index (κ1) is 15.2. The quantitative estimate of drug-likeness (QED) is 0.778. The van der Waals surface area contributed by atoms with Crippen LogP contribution < -0.4 is 5.32 Å². The second kappa shape index (κ2) is 6.38. The van der Waals surface area contributed by atoms with Gasteiger partial charge in [-0.2, -0.15) is 13.2 Å². The van der Waals surface area contributed by atoms with Crippen molar-refractivity contribution in [1.29, 1.82) is 0 Å². The molecule has 18 heavy (non-hydrogen) atoms. The van der Waals surface area contributed by atoms with Gasteiger partial charge in [-0.05, 0) is 13.8 Å². The third kappa shape index (κ3) is 5.22. The van der Waals surface area contributed by atoms with Crippen molar-refractivity contribution in [3.05, 3.63) is 0 Å². The summed E-state index contributed by atoms with van der Waals surface area (Å²) < 4.78 is 39.9. The predicted octanol–water partition coefficient (Wildman–Crippen LogP) is 1.16. The highest BCUT2D eigenvalue weighted by Gasteiger charge is 2.28. The predicted molar refractivity (Wildman–Crippen MR) is 60.1 cm³/mol. The maximum atomic E-state index is 11.8. The van der Waals surface area contributed by atoms with E-state index in [1.54, 1.807) is 4.90 Å². The smallest absolute Gasteiger partial charge is 0.372 e. The number of nitrogens with zero attached hydrogens (tertiary/aromatic N) is 1. The van der Waals surface area contributed by atoms with Crippen molar-refractivity contribution < 1.29 is 22.7 Å². The largest absolute Gasteiger partial charge is 0.411 e. The van der Waals surface area contributed by atoms with Gasteiger partial charge < -0.3 is 15.0 Å². The van der Waals surface area contributed by atoms with Crippen molar-refractivity contribution in [1.82, 2.24) is 10.2 Å². The second-order valence-electron chi connectivity index (χ2n) is 4.62. The average Bonchev–Trinajstić information content (AvgIpc) is 2.26. The SMILES string of the molecule is CC1CN(C(=O)CCOCC(F)(F)F)C(C)CN1. The van der Waals surface area contributed by atoms with Gasteiger partial charge in [-0.25, -0.2) is 0 Å². The molecule has 0 saturated carbocycles. The molecule has 7 heteroatoms. The van der Waals surface area contributed by atoms with E-state index >= 15 is 0 Å². The summed E-state index contributed by atoms with van der Waals surface area (Å²) in [5.41, 5.74) is 0. The lowest BCUT2D eigenvalue weighted by molar-refractivity contribution is -0.175. The van der Waals surface area contributed by atoms with Crippen molar-refractivity contribution in [2.24, 2.45) is 0 Å². The maximum absolute atomic E-state index is 11.8. The van der Waals surface area contributed by atoms with Gasteiger partial charge >= 0.3 is 6.18 Å². The Morgan fingerprint density at radius 2 is 2.11 bits per heavy atom. The first-order valence-electron chi connectivity index (χ1n) is 5.97. The van der Waals surface area contributed by atoms with Crippen LogP contribution in [-0.4, -0.2) is 55.4 Å². The Balaban J connectivity index is 2.27. The van der Waals surface area contributed by atoms with Crippen LogP contribution in [0.2, 0.25) is 0 Å². The fraction of sp³-hybridized carbons (Fsp3) is 0.909. The summed E-state index contributed by atoms with van der Waals surface area (Å²) in [4.78, 5) is 13.5.